The van der Waals surface area contributed by atoms with Crippen LogP contribution < -0.4 is 10.9 Å². The number of hydrogen-bond acceptors (Lipinski definition) is 6. The van der Waals surface area contributed by atoms with Gasteiger partial charge in [0, 0.05) is 23.8 Å². The summed E-state index contributed by atoms with van der Waals surface area (Å²) in [5, 5.41) is 4.40. The summed E-state index contributed by atoms with van der Waals surface area (Å²) in [5.41, 5.74) is 3.59. The van der Waals surface area contributed by atoms with E-state index in [-0.39, 0.29) is 17.2 Å². The first-order valence-corrected chi connectivity index (χ1v) is 12.1. The van der Waals surface area contributed by atoms with E-state index in [9.17, 15) is 9.59 Å². The molecule has 4 rings (SSSR count). The third-order valence-electron chi connectivity index (χ3n) is 4.89. The molecule has 8 heteroatoms. The van der Waals surface area contributed by atoms with Gasteiger partial charge in [-0.3, -0.25) is 14.2 Å². The molecule has 3 heterocycles. The lowest BCUT2D eigenvalue weighted by Crippen LogP contribution is -2.23. The number of unbranched alkanes of at least 4 members (excludes halogenated alkanes) is 1. The van der Waals surface area contributed by atoms with Crippen LogP contribution in [0.1, 0.15) is 30.9 Å². The van der Waals surface area contributed by atoms with Gasteiger partial charge in [-0.1, -0.05) is 31.2 Å². The summed E-state index contributed by atoms with van der Waals surface area (Å²) in [6.45, 7) is 6.68. The second-order valence-corrected chi connectivity index (χ2v) is 9.50. The number of hydrogen-bond donors (Lipinski definition) is 1. The number of anilines is 1. The molecule has 0 aliphatic rings. The summed E-state index contributed by atoms with van der Waals surface area (Å²) in [4.78, 5) is 35.8. The van der Waals surface area contributed by atoms with E-state index in [2.05, 4.69) is 23.3 Å². The monoisotopic (exact) mass is 452 g/mol. The Bertz CT molecular complexity index is 1310. The number of fused-ring (bicyclic) bond motifs is 3. The number of benzene rings is 1. The van der Waals surface area contributed by atoms with Crippen LogP contribution in [0.2, 0.25) is 0 Å². The summed E-state index contributed by atoms with van der Waals surface area (Å²) >= 11 is 2.68. The Morgan fingerprint density at radius 1 is 1.23 bits per heavy atom. The van der Waals surface area contributed by atoms with Gasteiger partial charge in [-0.15, -0.1) is 11.3 Å². The maximum absolute atomic E-state index is 13.2. The highest BCUT2D eigenvalue weighted by Crippen LogP contribution is 2.30. The van der Waals surface area contributed by atoms with Crippen molar-refractivity contribution in [3.8, 4) is 0 Å². The van der Waals surface area contributed by atoms with Crippen LogP contribution >= 0.6 is 23.1 Å². The molecule has 6 nitrogen and oxygen atoms in total. The normalized spacial score (nSPS) is 11.3. The molecule has 3 aromatic heterocycles. The van der Waals surface area contributed by atoms with E-state index in [4.69, 9.17) is 4.98 Å². The fraction of sp³-hybridized carbons (Fsp3) is 0.304. The molecule has 0 bridgehead atoms. The molecule has 4 aromatic rings. The number of nitrogens with one attached hydrogen (secondary N) is 1. The predicted molar refractivity (Wildman–Crippen MR) is 129 cm³/mol. The number of rotatable bonds is 7. The molecule has 0 unspecified atom stereocenters. The van der Waals surface area contributed by atoms with Crippen molar-refractivity contribution in [3.05, 3.63) is 58.0 Å². The zero-order valence-electron chi connectivity index (χ0n) is 17.8. The summed E-state index contributed by atoms with van der Waals surface area (Å²) in [6, 6.07) is 9.74. The van der Waals surface area contributed by atoms with Crippen LogP contribution in [0.5, 0.6) is 0 Å². The van der Waals surface area contributed by atoms with Crippen molar-refractivity contribution >= 4 is 55.1 Å². The van der Waals surface area contributed by atoms with E-state index in [1.807, 2.05) is 38.1 Å². The minimum atomic E-state index is -0.122. The van der Waals surface area contributed by atoms with Crippen molar-refractivity contribution < 1.29 is 4.79 Å². The van der Waals surface area contributed by atoms with Gasteiger partial charge in [0.25, 0.3) is 5.56 Å². The molecule has 0 aliphatic heterocycles. The molecule has 0 atom stereocenters. The molecular weight excluding hydrogens is 428 g/mol. The zero-order chi connectivity index (χ0) is 22.0. The van der Waals surface area contributed by atoms with E-state index in [0.29, 0.717) is 21.9 Å². The first-order chi connectivity index (χ1) is 15.0. The highest BCUT2D eigenvalue weighted by Gasteiger charge is 2.17. The Hall–Kier alpha value is -2.71. The molecule has 160 valence electrons. The summed E-state index contributed by atoms with van der Waals surface area (Å²) in [6.07, 6.45) is 3.56. The van der Waals surface area contributed by atoms with Gasteiger partial charge < -0.3 is 5.32 Å². The van der Waals surface area contributed by atoms with Crippen LogP contribution in [0.15, 0.2) is 46.5 Å². The van der Waals surface area contributed by atoms with Crippen molar-refractivity contribution in [2.75, 3.05) is 11.1 Å². The van der Waals surface area contributed by atoms with Crippen LogP contribution in [0.25, 0.3) is 20.4 Å². The van der Waals surface area contributed by atoms with Gasteiger partial charge in [-0.25, -0.2) is 9.97 Å². The van der Waals surface area contributed by atoms with Gasteiger partial charge in [-0.05, 0) is 55.7 Å². The average Bonchev–Trinajstić information content (AvgIpc) is 3.10. The summed E-state index contributed by atoms with van der Waals surface area (Å²) in [7, 11) is 0. The maximum atomic E-state index is 13.2. The Kier molecular flexibility index (Phi) is 6.38. The van der Waals surface area contributed by atoms with Gasteiger partial charge in [-0.2, -0.15) is 0 Å². The number of pyridine rings is 1. The second-order valence-electron chi connectivity index (χ2n) is 7.55. The topological polar surface area (TPSA) is 76.9 Å². The van der Waals surface area contributed by atoms with Crippen LogP contribution in [-0.2, 0) is 11.3 Å². The number of carbonyl (C=O) groups is 1. The third-order valence-corrected chi connectivity index (χ3v) is 6.96. The largest absolute Gasteiger partial charge is 0.325 e. The lowest BCUT2D eigenvalue weighted by molar-refractivity contribution is -0.113. The molecule has 1 N–H and O–H groups in total. The maximum Gasteiger partial charge on any atom is 0.272 e. The number of carbonyl (C=O) groups excluding carboxylic acids is 1. The quantitative estimate of drug-likeness (QED) is 0.310. The van der Waals surface area contributed by atoms with Gasteiger partial charge >= 0.3 is 0 Å². The molecule has 0 saturated carbocycles. The van der Waals surface area contributed by atoms with E-state index >= 15 is 0 Å². The molecule has 0 saturated heterocycles. The number of thiophene rings is 1. The number of aromatic nitrogens is 3. The number of thioether (sulfide) groups is 1. The molecule has 0 radical (unpaired) electrons. The molecule has 0 aliphatic carbocycles. The standard InChI is InChI=1S/C23H24N4O2S2/c1-4-5-9-27-22(29)20-19(17-7-6-8-24-21(17)31-20)26-23(27)30-13-18(28)25-16-11-14(2)10-15(3)12-16/h6-8,10-12H,4-5,9,13H2,1-3H3,(H,25,28). The number of nitrogens with zero attached hydrogens (tertiary/aromatic N) is 3. The second kappa shape index (κ2) is 9.20. The third kappa shape index (κ3) is 4.65. The van der Waals surface area contributed by atoms with Gasteiger partial charge in [0.15, 0.2) is 5.16 Å². The van der Waals surface area contributed by atoms with Crippen molar-refractivity contribution in [1.29, 1.82) is 0 Å². The fourth-order valence-electron chi connectivity index (χ4n) is 3.54. The van der Waals surface area contributed by atoms with Gasteiger partial charge in [0.2, 0.25) is 5.91 Å². The van der Waals surface area contributed by atoms with Crippen LogP contribution in [-0.4, -0.2) is 26.2 Å². The number of aryl methyl sites for hydroxylation is 2. The SMILES string of the molecule is CCCCn1c(SCC(=O)Nc2cc(C)cc(C)c2)nc2c(sc3ncccc32)c1=O. The van der Waals surface area contributed by atoms with E-state index in [1.165, 1.54) is 23.1 Å². The first-order valence-electron chi connectivity index (χ1n) is 10.2. The Morgan fingerprint density at radius 2 is 2.00 bits per heavy atom. The Balaban J connectivity index is 1.64. The number of amides is 1. The highest BCUT2D eigenvalue weighted by molar-refractivity contribution is 7.99. The van der Waals surface area contributed by atoms with Crippen LogP contribution in [0, 0.1) is 13.8 Å². The molecular formula is C23H24N4O2S2. The molecule has 1 amide bonds. The summed E-state index contributed by atoms with van der Waals surface area (Å²) in [5.74, 6) is 0.0559. The van der Waals surface area contributed by atoms with Crippen molar-refractivity contribution in [2.24, 2.45) is 0 Å². The lowest BCUT2D eigenvalue weighted by atomic mass is 10.1. The molecule has 31 heavy (non-hydrogen) atoms. The smallest absolute Gasteiger partial charge is 0.272 e. The van der Waals surface area contributed by atoms with Crippen LogP contribution in [0.3, 0.4) is 0 Å². The minimum Gasteiger partial charge on any atom is -0.325 e. The van der Waals surface area contributed by atoms with Crippen molar-refractivity contribution in [3.63, 3.8) is 0 Å². The zero-order valence-corrected chi connectivity index (χ0v) is 19.4. The first kappa shape index (κ1) is 21.5. The minimum absolute atomic E-state index is 0.0568. The molecule has 0 fully saturated rings. The molecule has 0 spiro atoms. The fourth-order valence-corrected chi connectivity index (χ4v) is 5.39. The Labute approximate surface area is 188 Å². The van der Waals surface area contributed by atoms with E-state index in [1.54, 1.807) is 10.8 Å². The average molecular weight is 453 g/mol. The van der Waals surface area contributed by atoms with Crippen molar-refractivity contribution in [1.82, 2.24) is 14.5 Å². The van der Waals surface area contributed by atoms with E-state index < -0.39 is 0 Å². The highest BCUT2D eigenvalue weighted by atomic mass is 32.2. The van der Waals surface area contributed by atoms with Gasteiger partial charge in [0.05, 0.1) is 11.3 Å². The van der Waals surface area contributed by atoms with Crippen LogP contribution in [0.4, 0.5) is 5.69 Å². The van der Waals surface area contributed by atoms with Gasteiger partial charge in [0.1, 0.15) is 9.53 Å². The van der Waals surface area contributed by atoms with Crippen molar-refractivity contribution in [2.45, 2.75) is 45.3 Å². The predicted octanol–water partition coefficient (Wildman–Crippen LogP) is 5.15. The molecule has 1 aromatic carbocycles. The summed E-state index contributed by atoms with van der Waals surface area (Å²) < 4.78 is 2.32. The Morgan fingerprint density at radius 3 is 2.74 bits per heavy atom. The van der Waals surface area contributed by atoms with E-state index in [0.717, 1.165) is 39.9 Å². The lowest BCUT2D eigenvalue weighted by Gasteiger charge is -2.12.